The van der Waals surface area contributed by atoms with Crippen LogP contribution >= 0.6 is 0 Å². The number of aromatic nitrogens is 3. The van der Waals surface area contributed by atoms with Gasteiger partial charge in [0.2, 0.25) is 0 Å². The van der Waals surface area contributed by atoms with Crippen LogP contribution in [0, 0.1) is 0 Å². The van der Waals surface area contributed by atoms with E-state index in [-0.39, 0.29) is 0 Å². The van der Waals surface area contributed by atoms with Gasteiger partial charge >= 0.3 is 0 Å². The maximum absolute atomic E-state index is 5.78. The molecule has 0 N–H and O–H groups in total. The second-order valence-electron chi connectivity index (χ2n) is 6.99. The van der Waals surface area contributed by atoms with Crippen LogP contribution in [0.15, 0.2) is 91.5 Å². The van der Waals surface area contributed by atoms with Crippen molar-refractivity contribution in [2.24, 2.45) is 0 Å². The van der Waals surface area contributed by atoms with Crippen LogP contribution in [-0.4, -0.2) is 21.1 Å². The zero-order chi connectivity index (χ0) is 19.7. The molecule has 0 radical (unpaired) electrons. The van der Waals surface area contributed by atoms with Gasteiger partial charge in [0.25, 0.3) is 0 Å². The molecule has 4 rings (SSSR count). The lowest BCUT2D eigenvalue weighted by molar-refractivity contribution is 0.116. The van der Waals surface area contributed by atoms with Gasteiger partial charge in [0, 0.05) is 36.7 Å². The van der Waals surface area contributed by atoms with E-state index in [1.807, 2.05) is 36.8 Å². The second-order valence-corrected chi connectivity index (χ2v) is 6.99. The Morgan fingerprint density at radius 2 is 1.55 bits per heavy atom. The molecule has 2 aromatic heterocycles. The highest BCUT2D eigenvalue weighted by atomic mass is 16.5. The predicted molar refractivity (Wildman–Crippen MR) is 116 cm³/mol. The Hall–Kier alpha value is -3.24. The fourth-order valence-electron chi connectivity index (χ4n) is 3.42. The molecule has 0 aliphatic carbocycles. The first-order chi connectivity index (χ1) is 14.4. The Labute approximate surface area is 171 Å². The molecule has 0 saturated heterocycles. The van der Waals surface area contributed by atoms with Gasteiger partial charge in [0.1, 0.15) is 0 Å². The molecule has 0 spiro atoms. The largest absolute Gasteiger partial charge is 0.377 e. The van der Waals surface area contributed by atoms with Gasteiger partial charge in [0.05, 0.1) is 24.3 Å². The maximum atomic E-state index is 5.78. The van der Waals surface area contributed by atoms with Crippen molar-refractivity contribution in [2.75, 3.05) is 6.61 Å². The first-order valence-electron chi connectivity index (χ1n) is 10.0. The van der Waals surface area contributed by atoms with Crippen molar-refractivity contribution in [3.05, 3.63) is 97.1 Å². The van der Waals surface area contributed by atoms with E-state index in [0.29, 0.717) is 6.61 Å². The molecule has 0 aliphatic rings. The Morgan fingerprint density at radius 1 is 0.793 bits per heavy atom. The van der Waals surface area contributed by atoms with E-state index in [2.05, 4.69) is 58.1 Å². The summed E-state index contributed by atoms with van der Waals surface area (Å²) in [7, 11) is 0. The smallest absolute Gasteiger partial charge is 0.0963 e. The van der Waals surface area contributed by atoms with Gasteiger partial charge in [-0.3, -0.25) is 4.98 Å². The quantitative estimate of drug-likeness (QED) is 0.353. The minimum absolute atomic E-state index is 0.617. The van der Waals surface area contributed by atoms with E-state index in [4.69, 9.17) is 9.72 Å². The number of unbranched alkanes of at least 4 members (excludes halogenated alkanes) is 1. The van der Waals surface area contributed by atoms with Gasteiger partial charge in [-0.25, -0.2) is 4.98 Å². The number of nitrogens with zero attached hydrogens (tertiary/aromatic N) is 3. The number of imidazole rings is 1. The lowest BCUT2D eigenvalue weighted by Crippen LogP contribution is -2.02. The fourth-order valence-corrected chi connectivity index (χ4v) is 3.42. The molecule has 29 heavy (non-hydrogen) atoms. The predicted octanol–water partition coefficient (Wildman–Crippen LogP) is 5.61. The summed E-state index contributed by atoms with van der Waals surface area (Å²) in [4.78, 5) is 8.86. The molecule has 4 heteroatoms. The zero-order valence-corrected chi connectivity index (χ0v) is 16.4. The molecule has 2 aromatic carbocycles. The van der Waals surface area contributed by atoms with E-state index in [1.165, 1.54) is 11.3 Å². The number of pyridine rings is 1. The molecule has 4 aromatic rings. The van der Waals surface area contributed by atoms with Gasteiger partial charge in [-0.2, -0.15) is 0 Å². The maximum Gasteiger partial charge on any atom is 0.0963 e. The highest BCUT2D eigenvalue weighted by molar-refractivity contribution is 5.78. The van der Waals surface area contributed by atoms with Gasteiger partial charge in [-0.1, -0.05) is 66.7 Å². The van der Waals surface area contributed by atoms with Crippen LogP contribution in [0.4, 0.5) is 0 Å². The summed E-state index contributed by atoms with van der Waals surface area (Å²) >= 11 is 0. The topological polar surface area (TPSA) is 39.9 Å². The summed E-state index contributed by atoms with van der Waals surface area (Å²) in [6.45, 7) is 2.28. The molecule has 0 bridgehead atoms. The van der Waals surface area contributed by atoms with E-state index >= 15 is 0 Å². The summed E-state index contributed by atoms with van der Waals surface area (Å²) in [6, 6.07) is 24.9. The zero-order valence-electron chi connectivity index (χ0n) is 16.4. The number of aryl methyl sites for hydroxylation is 1. The lowest BCUT2D eigenvalue weighted by atomic mass is 10.0. The Kier molecular flexibility index (Phi) is 6.45. The average molecular weight is 383 g/mol. The van der Waals surface area contributed by atoms with Gasteiger partial charge < -0.3 is 9.30 Å². The van der Waals surface area contributed by atoms with Crippen molar-refractivity contribution in [3.63, 3.8) is 0 Å². The van der Waals surface area contributed by atoms with Crippen molar-refractivity contribution in [3.8, 4) is 22.5 Å². The standard InChI is InChI=1S/C25H25N3O/c1-3-11-22(12-4-1)24-25(23-13-5-2-6-14-23)28(20-27-24)16-7-8-17-29-19-21-10-9-15-26-18-21/h1-6,9-15,18,20H,7-8,16-17,19H2. The Balaban J connectivity index is 1.40. The van der Waals surface area contributed by atoms with E-state index in [9.17, 15) is 0 Å². The first kappa shape index (κ1) is 19.1. The first-order valence-corrected chi connectivity index (χ1v) is 10.0. The van der Waals surface area contributed by atoms with Crippen LogP contribution in [0.2, 0.25) is 0 Å². The molecule has 0 atom stereocenters. The third-order valence-corrected chi connectivity index (χ3v) is 4.86. The highest BCUT2D eigenvalue weighted by Gasteiger charge is 2.14. The molecular weight excluding hydrogens is 358 g/mol. The van der Waals surface area contributed by atoms with Gasteiger partial charge in [-0.05, 0) is 24.5 Å². The highest BCUT2D eigenvalue weighted by Crippen LogP contribution is 2.31. The number of rotatable bonds is 9. The second kappa shape index (κ2) is 9.80. The Bertz CT molecular complexity index is 998. The molecular formula is C25H25N3O. The van der Waals surface area contributed by atoms with Crippen LogP contribution in [0.3, 0.4) is 0 Å². The summed E-state index contributed by atoms with van der Waals surface area (Å²) in [5.41, 5.74) is 5.65. The van der Waals surface area contributed by atoms with Crippen LogP contribution < -0.4 is 0 Å². The molecule has 0 saturated carbocycles. The van der Waals surface area contributed by atoms with Crippen molar-refractivity contribution in [1.82, 2.24) is 14.5 Å². The summed E-state index contributed by atoms with van der Waals surface area (Å²) in [6.07, 6.45) is 7.64. The number of benzene rings is 2. The molecule has 0 amide bonds. The van der Waals surface area contributed by atoms with Crippen molar-refractivity contribution in [2.45, 2.75) is 26.0 Å². The van der Waals surface area contributed by atoms with Crippen LogP contribution in [0.1, 0.15) is 18.4 Å². The van der Waals surface area contributed by atoms with Crippen LogP contribution in [0.5, 0.6) is 0 Å². The molecule has 0 aliphatic heterocycles. The minimum atomic E-state index is 0.617. The average Bonchev–Trinajstić information content (AvgIpc) is 3.22. The van der Waals surface area contributed by atoms with Crippen molar-refractivity contribution < 1.29 is 4.74 Å². The molecule has 0 unspecified atom stereocenters. The van der Waals surface area contributed by atoms with Crippen molar-refractivity contribution in [1.29, 1.82) is 0 Å². The minimum Gasteiger partial charge on any atom is -0.377 e. The van der Waals surface area contributed by atoms with Crippen LogP contribution in [0.25, 0.3) is 22.5 Å². The number of hydrogen-bond acceptors (Lipinski definition) is 3. The van der Waals surface area contributed by atoms with E-state index in [1.54, 1.807) is 6.20 Å². The monoisotopic (exact) mass is 383 g/mol. The summed E-state index contributed by atoms with van der Waals surface area (Å²) in [5, 5.41) is 0. The Morgan fingerprint density at radius 3 is 2.28 bits per heavy atom. The lowest BCUT2D eigenvalue weighted by Gasteiger charge is -2.11. The van der Waals surface area contributed by atoms with Crippen LogP contribution in [-0.2, 0) is 17.9 Å². The third kappa shape index (κ3) is 4.98. The summed E-state index contributed by atoms with van der Waals surface area (Å²) < 4.78 is 8.04. The molecule has 0 fully saturated rings. The van der Waals surface area contributed by atoms with Gasteiger partial charge in [0.15, 0.2) is 0 Å². The molecule has 4 nitrogen and oxygen atoms in total. The molecule has 146 valence electrons. The fraction of sp³-hybridized carbons (Fsp3) is 0.200. The molecule has 2 heterocycles. The third-order valence-electron chi connectivity index (χ3n) is 4.86. The normalized spacial score (nSPS) is 10.9. The SMILES string of the molecule is c1ccc(-c2ncn(CCCCOCc3cccnc3)c2-c2ccccc2)cc1. The number of ether oxygens (including phenoxy) is 1. The summed E-state index contributed by atoms with van der Waals surface area (Å²) in [5.74, 6) is 0. The van der Waals surface area contributed by atoms with Crippen molar-refractivity contribution >= 4 is 0 Å². The van der Waals surface area contributed by atoms with Gasteiger partial charge in [-0.15, -0.1) is 0 Å². The number of hydrogen-bond donors (Lipinski definition) is 0. The van der Waals surface area contributed by atoms with E-state index in [0.717, 1.165) is 42.8 Å². The van der Waals surface area contributed by atoms with E-state index < -0.39 is 0 Å².